The van der Waals surface area contributed by atoms with Crippen molar-refractivity contribution in [1.29, 1.82) is 0 Å². The molecule has 0 aliphatic carbocycles. The van der Waals surface area contributed by atoms with Gasteiger partial charge in [-0.15, -0.1) is 0 Å². The molecular formula is C11H20N2O2. The predicted octanol–water partition coefficient (Wildman–Crippen LogP) is 0.487. The minimum Gasteiger partial charge on any atom is -0.481 e. The van der Waals surface area contributed by atoms with Gasteiger partial charge in [-0.05, 0) is 19.4 Å². The van der Waals surface area contributed by atoms with Gasteiger partial charge in [0.15, 0.2) is 0 Å². The van der Waals surface area contributed by atoms with Crippen molar-refractivity contribution in [3.63, 3.8) is 0 Å². The lowest BCUT2D eigenvalue weighted by molar-refractivity contribution is -0.142. The van der Waals surface area contributed by atoms with E-state index in [4.69, 9.17) is 5.11 Å². The van der Waals surface area contributed by atoms with Gasteiger partial charge in [0.25, 0.3) is 0 Å². The standard InChI is InChI=1S/C11H20N2O2/c1-9(11(14)15)7-12-5-6-13-4-2-3-10(13)8-12/h9-10H,2-8H2,1H3,(H,14,15). The maximum absolute atomic E-state index is 10.8. The summed E-state index contributed by atoms with van der Waals surface area (Å²) in [5, 5.41) is 8.86. The van der Waals surface area contributed by atoms with E-state index in [1.165, 1.54) is 19.4 Å². The summed E-state index contributed by atoms with van der Waals surface area (Å²) in [6.45, 7) is 6.97. The van der Waals surface area contributed by atoms with E-state index >= 15 is 0 Å². The van der Waals surface area contributed by atoms with Crippen LogP contribution in [0.25, 0.3) is 0 Å². The van der Waals surface area contributed by atoms with Crippen molar-refractivity contribution in [2.75, 3.05) is 32.7 Å². The molecule has 4 nitrogen and oxygen atoms in total. The smallest absolute Gasteiger partial charge is 0.307 e. The van der Waals surface area contributed by atoms with Crippen LogP contribution in [-0.4, -0.2) is 59.6 Å². The van der Waals surface area contributed by atoms with E-state index < -0.39 is 5.97 Å². The van der Waals surface area contributed by atoms with E-state index in [-0.39, 0.29) is 5.92 Å². The second-order valence-electron chi connectivity index (χ2n) is 4.83. The fourth-order valence-electron chi connectivity index (χ4n) is 2.69. The zero-order valence-electron chi connectivity index (χ0n) is 9.35. The number of piperazine rings is 1. The Bertz CT molecular complexity index is 245. The lowest BCUT2D eigenvalue weighted by Crippen LogP contribution is -2.51. The van der Waals surface area contributed by atoms with E-state index in [1.54, 1.807) is 6.92 Å². The summed E-state index contributed by atoms with van der Waals surface area (Å²) in [5.41, 5.74) is 0. The Labute approximate surface area is 90.9 Å². The topological polar surface area (TPSA) is 43.8 Å². The van der Waals surface area contributed by atoms with Crippen LogP contribution >= 0.6 is 0 Å². The highest BCUT2D eigenvalue weighted by Crippen LogP contribution is 2.21. The molecule has 2 rings (SSSR count). The highest BCUT2D eigenvalue weighted by Gasteiger charge is 2.31. The lowest BCUT2D eigenvalue weighted by Gasteiger charge is -2.38. The third-order valence-electron chi connectivity index (χ3n) is 3.63. The average molecular weight is 212 g/mol. The quantitative estimate of drug-likeness (QED) is 0.739. The molecule has 0 spiro atoms. The van der Waals surface area contributed by atoms with Gasteiger partial charge in [0.1, 0.15) is 0 Å². The molecule has 0 aromatic carbocycles. The SMILES string of the molecule is CC(CN1CCN2CCCC2C1)C(=O)O. The van der Waals surface area contributed by atoms with Crippen molar-refractivity contribution in [2.45, 2.75) is 25.8 Å². The van der Waals surface area contributed by atoms with Gasteiger partial charge in [-0.25, -0.2) is 0 Å². The van der Waals surface area contributed by atoms with Crippen LogP contribution in [0.15, 0.2) is 0 Å². The minimum atomic E-state index is -0.677. The van der Waals surface area contributed by atoms with Gasteiger partial charge in [-0.3, -0.25) is 14.6 Å². The second-order valence-corrected chi connectivity index (χ2v) is 4.83. The number of aliphatic carboxylic acids is 1. The van der Waals surface area contributed by atoms with Gasteiger partial charge in [0.05, 0.1) is 5.92 Å². The summed E-state index contributed by atoms with van der Waals surface area (Å²) in [7, 11) is 0. The van der Waals surface area contributed by atoms with E-state index in [9.17, 15) is 4.79 Å². The molecule has 0 amide bonds. The van der Waals surface area contributed by atoms with Gasteiger partial charge in [0.2, 0.25) is 0 Å². The predicted molar refractivity (Wildman–Crippen MR) is 57.8 cm³/mol. The third-order valence-corrected chi connectivity index (χ3v) is 3.63. The number of rotatable bonds is 3. The van der Waals surface area contributed by atoms with Gasteiger partial charge in [-0.1, -0.05) is 6.92 Å². The Kier molecular flexibility index (Phi) is 3.26. The molecule has 1 N–H and O–H groups in total. The maximum atomic E-state index is 10.8. The van der Waals surface area contributed by atoms with Gasteiger partial charge in [-0.2, -0.15) is 0 Å². The molecule has 2 heterocycles. The van der Waals surface area contributed by atoms with Crippen LogP contribution in [0.3, 0.4) is 0 Å². The Morgan fingerprint density at radius 2 is 2.27 bits per heavy atom. The van der Waals surface area contributed by atoms with Gasteiger partial charge in [0, 0.05) is 32.2 Å². The van der Waals surface area contributed by atoms with E-state index in [0.29, 0.717) is 12.6 Å². The van der Waals surface area contributed by atoms with E-state index in [0.717, 1.165) is 19.6 Å². The monoisotopic (exact) mass is 212 g/mol. The fourth-order valence-corrected chi connectivity index (χ4v) is 2.69. The Balaban J connectivity index is 1.82. The number of carboxylic acid groups (broad SMARTS) is 1. The number of carbonyl (C=O) groups is 1. The van der Waals surface area contributed by atoms with E-state index in [2.05, 4.69) is 9.80 Å². The van der Waals surface area contributed by atoms with Crippen LogP contribution in [0.2, 0.25) is 0 Å². The largest absolute Gasteiger partial charge is 0.481 e. The van der Waals surface area contributed by atoms with Crippen LogP contribution in [0.1, 0.15) is 19.8 Å². The van der Waals surface area contributed by atoms with Crippen molar-refractivity contribution < 1.29 is 9.90 Å². The first-order valence-electron chi connectivity index (χ1n) is 5.86. The van der Waals surface area contributed by atoms with Crippen molar-refractivity contribution >= 4 is 5.97 Å². The molecule has 2 atom stereocenters. The molecule has 0 aromatic heterocycles. The molecule has 2 fully saturated rings. The first-order valence-corrected chi connectivity index (χ1v) is 5.86. The van der Waals surface area contributed by atoms with Crippen LogP contribution in [0.5, 0.6) is 0 Å². The number of hydrogen-bond donors (Lipinski definition) is 1. The first kappa shape index (κ1) is 10.9. The molecular weight excluding hydrogens is 192 g/mol. The van der Waals surface area contributed by atoms with E-state index in [1.807, 2.05) is 0 Å². The van der Waals surface area contributed by atoms with Crippen LogP contribution in [0, 0.1) is 5.92 Å². The van der Waals surface area contributed by atoms with Crippen LogP contribution < -0.4 is 0 Å². The molecule has 4 heteroatoms. The molecule has 0 saturated carbocycles. The minimum absolute atomic E-state index is 0.238. The summed E-state index contributed by atoms with van der Waals surface area (Å²) in [5.74, 6) is -0.915. The van der Waals surface area contributed by atoms with Crippen LogP contribution in [0.4, 0.5) is 0 Å². The first-order chi connectivity index (χ1) is 7.16. The second kappa shape index (κ2) is 4.49. The average Bonchev–Trinajstić information content (AvgIpc) is 2.64. The summed E-state index contributed by atoms with van der Waals surface area (Å²) in [4.78, 5) is 15.6. The Hall–Kier alpha value is -0.610. The molecule has 0 bridgehead atoms. The summed E-state index contributed by atoms with van der Waals surface area (Å²) < 4.78 is 0. The zero-order chi connectivity index (χ0) is 10.8. The molecule has 2 saturated heterocycles. The molecule has 86 valence electrons. The fraction of sp³-hybridized carbons (Fsp3) is 0.909. The number of nitrogens with zero attached hydrogens (tertiary/aromatic N) is 2. The Morgan fingerprint density at radius 3 is 3.00 bits per heavy atom. The highest BCUT2D eigenvalue weighted by molar-refractivity contribution is 5.69. The summed E-state index contributed by atoms with van der Waals surface area (Å²) >= 11 is 0. The number of hydrogen-bond acceptors (Lipinski definition) is 3. The molecule has 0 radical (unpaired) electrons. The summed E-state index contributed by atoms with van der Waals surface area (Å²) in [6.07, 6.45) is 2.60. The van der Waals surface area contributed by atoms with Crippen molar-refractivity contribution in [3.05, 3.63) is 0 Å². The number of carboxylic acids is 1. The zero-order valence-corrected chi connectivity index (χ0v) is 9.35. The van der Waals surface area contributed by atoms with Crippen LogP contribution in [-0.2, 0) is 4.79 Å². The molecule has 2 unspecified atom stereocenters. The Morgan fingerprint density at radius 1 is 1.47 bits per heavy atom. The van der Waals surface area contributed by atoms with Crippen molar-refractivity contribution in [1.82, 2.24) is 9.80 Å². The molecule has 0 aromatic rings. The third kappa shape index (κ3) is 2.49. The normalized spacial score (nSPS) is 30.1. The molecule has 15 heavy (non-hydrogen) atoms. The van der Waals surface area contributed by atoms with Crippen molar-refractivity contribution in [2.24, 2.45) is 5.92 Å². The lowest BCUT2D eigenvalue weighted by atomic mass is 10.1. The maximum Gasteiger partial charge on any atom is 0.307 e. The van der Waals surface area contributed by atoms with Gasteiger partial charge >= 0.3 is 5.97 Å². The number of fused-ring (bicyclic) bond motifs is 1. The molecule has 2 aliphatic rings. The van der Waals surface area contributed by atoms with Crippen molar-refractivity contribution in [3.8, 4) is 0 Å². The highest BCUT2D eigenvalue weighted by atomic mass is 16.4. The summed E-state index contributed by atoms with van der Waals surface area (Å²) in [6, 6.07) is 0.694. The molecule has 2 aliphatic heterocycles. The van der Waals surface area contributed by atoms with Gasteiger partial charge < -0.3 is 5.11 Å².